The lowest BCUT2D eigenvalue weighted by molar-refractivity contribution is -0.137. The number of fused-ring (bicyclic) bond motifs is 1. The largest absolute Gasteiger partial charge is 0.417 e. The van der Waals surface area contributed by atoms with Crippen molar-refractivity contribution in [2.45, 2.75) is 26.4 Å². The van der Waals surface area contributed by atoms with Crippen LogP contribution < -0.4 is 4.90 Å². The van der Waals surface area contributed by atoms with Gasteiger partial charge in [-0.2, -0.15) is 13.2 Å². The number of rotatable bonds is 3. The Labute approximate surface area is 178 Å². The number of carbonyl (C=O) groups excluding carboxylic acids is 1. The van der Waals surface area contributed by atoms with E-state index in [0.29, 0.717) is 32.0 Å². The zero-order valence-electron chi connectivity index (χ0n) is 17.4. The Balaban J connectivity index is 1.42. The zero-order chi connectivity index (χ0) is 22.2. The van der Waals surface area contributed by atoms with Crippen LogP contribution in [0.5, 0.6) is 0 Å². The second-order valence-corrected chi connectivity index (χ2v) is 7.77. The van der Waals surface area contributed by atoms with Crippen LogP contribution in [-0.4, -0.2) is 47.0 Å². The number of para-hydroxylation sites is 1. The molecule has 5 nitrogen and oxygen atoms in total. The van der Waals surface area contributed by atoms with Crippen LogP contribution in [0.15, 0.2) is 42.6 Å². The molecule has 31 heavy (non-hydrogen) atoms. The highest BCUT2D eigenvalue weighted by atomic mass is 19.4. The summed E-state index contributed by atoms with van der Waals surface area (Å²) in [7, 11) is 0. The Morgan fingerprint density at radius 2 is 1.74 bits per heavy atom. The van der Waals surface area contributed by atoms with Gasteiger partial charge in [-0.15, -0.1) is 0 Å². The van der Waals surface area contributed by atoms with E-state index in [1.807, 2.05) is 43.0 Å². The summed E-state index contributed by atoms with van der Waals surface area (Å²) < 4.78 is 38.2. The predicted octanol–water partition coefficient (Wildman–Crippen LogP) is 4.16. The van der Waals surface area contributed by atoms with Gasteiger partial charge < -0.3 is 9.80 Å². The van der Waals surface area contributed by atoms with Gasteiger partial charge in [-0.1, -0.05) is 18.2 Å². The van der Waals surface area contributed by atoms with Crippen LogP contribution in [0.25, 0.3) is 10.9 Å². The van der Waals surface area contributed by atoms with Gasteiger partial charge in [0.2, 0.25) is 5.91 Å². The molecule has 0 radical (unpaired) electrons. The lowest BCUT2D eigenvalue weighted by atomic mass is 9.99. The monoisotopic (exact) mass is 428 g/mol. The van der Waals surface area contributed by atoms with Gasteiger partial charge in [0.15, 0.2) is 0 Å². The second-order valence-electron chi connectivity index (χ2n) is 7.77. The lowest BCUT2D eigenvalue weighted by Gasteiger charge is -2.35. The van der Waals surface area contributed by atoms with Crippen LogP contribution in [0, 0.1) is 13.8 Å². The fourth-order valence-corrected chi connectivity index (χ4v) is 4.02. The van der Waals surface area contributed by atoms with E-state index in [0.717, 1.165) is 40.0 Å². The summed E-state index contributed by atoms with van der Waals surface area (Å²) >= 11 is 0. The van der Waals surface area contributed by atoms with Gasteiger partial charge in [0, 0.05) is 43.5 Å². The van der Waals surface area contributed by atoms with E-state index in [9.17, 15) is 18.0 Å². The number of carbonyl (C=O) groups is 1. The number of hydrogen-bond acceptors (Lipinski definition) is 4. The van der Waals surface area contributed by atoms with Crippen LogP contribution in [0.3, 0.4) is 0 Å². The molecular weight excluding hydrogens is 405 g/mol. The van der Waals surface area contributed by atoms with Crippen molar-refractivity contribution in [3.8, 4) is 0 Å². The highest BCUT2D eigenvalue weighted by Gasteiger charge is 2.31. The van der Waals surface area contributed by atoms with Crippen molar-refractivity contribution in [3.63, 3.8) is 0 Å². The summed E-state index contributed by atoms with van der Waals surface area (Å²) in [6, 6.07) is 10.3. The topological polar surface area (TPSA) is 49.3 Å². The third-order valence-corrected chi connectivity index (χ3v) is 5.85. The van der Waals surface area contributed by atoms with Crippen molar-refractivity contribution in [3.05, 3.63) is 65.0 Å². The molecule has 8 heteroatoms. The number of anilines is 1. The number of amides is 1. The first-order valence-electron chi connectivity index (χ1n) is 10.1. The second kappa shape index (κ2) is 8.17. The van der Waals surface area contributed by atoms with Gasteiger partial charge >= 0.3 is 6.18 Å². The number of nitrogens with zero attached hydrogens (tertiary/aromatic N) is 4. The molecule has 1 aliphatic rings. The summed E-state index contributed by atoms with van der Waals surface area (Å²) in [4.78, 5) is 25.2. The Bertz CT molecular complexity index is 1100. The van der Waals surface area contributed by atoms with Crippen molar-refractivity contribution >= 4 is 22.6 Å². The smallest absolute Gasteiger partial charge is 0.353 e. The van der Waals surface area contributed by atoms with Gasteiger partial charge in [0.05, 0.1) is 17.5 Å². The van der Waals surface area contributed by atoms with E-state index in [-0.39, 0.29) is 12.3 Å². The molecule has 1 fully saturated rings. The maximum Gasteiger partial charge on any atom is 0.417 e. The summed E-state index contributed by atoms with van der Waals surface area (Å²) in [6.45, 7) is 6.00. The van der Waals surface area contributed by atoms with Crippen LogP contribution >= 0.6 is 0 Å². The fraction of sp³-hybridized carbons (Fsp3) is 0.348. The molecule has 3 heterocycles. The van der Waals surface area contributed by atoms with Gasteiger partial charge in [-0.05, 0) is 43.2 Å². The van der Waals surface area contributed by atoms with E-state index >= 15 is 0 Å². The number of alkyl halides is 3. The molecule has 0 unspecified atom stereocenters. The van der Waals surface area contributed by atoms with Crippen molar-refractivity contribution in [1.82, 2.24) is 14.9 Å². The normalized spacial score (nSPS) is 14.9. The minimum Gasteiger partial charge on any atom is -0.353 e. The minimum absolute atomic E-state index is 0.0308. The molecule has 0 bridgehead atoms. The summed E-state index contributed by atoms with van der Waals surface area (Å²) in [5, 5.41) is 1.05. The first-order valence-corrected chi connectivity index (χ1v) is 10.1. The quantitative estimate of drug-likeness (QED) is 0.629. The van der Waals surface area contributed by atoms with Gasteiger partial charge in [0.25, 0.3) is 0 Å². The third kappa shape index (κ3) is 4.33. The average molecular weight is 428 g/mol. The summed E-state index contributed by atoms with van der Waals surface area (Å²) in [5.41, 5.74) is 3.04. The summed E-state index contributed by atoms with van der Waals surface area (Å²) in [6.07, 6.45) is -3.26. The molecule has 4 rings (SSSR count). The molecule has 0 N–H and O–H groups in total. The summed E-state index contributed by atoms with van der Waals surface area (Å²) in [5.74, 6) is 0.522. The molecule has 1 aliphatic heterocycles. The van der Waals surface area contributed by atoms with E-state index in [4.69, 9.17) is 0 Å². The molecule has 0 atom stereocenters. The van der Waals surface area contributed by atoms with E-state index in [2.05, 4.69) is 9.97 Å². The number of hydrogen-bond donors (Lipinski definition) is 0. The Kier molecular flexibility index (Phi) is 5.56. The van der Waals surface area contributed by atoms with Crippen molar-refractivity contribution in [2.24, 2.45) is 0 Å². The number of benzene rings is 1. The SMILES string of the molecule is Cc1nc2ccccc2c(C)c1CC(=O)N1CCN(c2ccc(C(F)(F)F)cn2)CC1. The lowest BCUT2D eigenvalue weighted by Crippen LogP contribution is -2.49. The van der Waals surface area contributed by atoms with Gasteiger partial charge in [-0.25, -0.2) is 4.98 Å². The van der Waals surface area contributed by atoms with Crippen LogP contribution in [0.1, 0.15) is 22.4 Å². The van der Waals surface area contributed by atoms with Crippen molar-refractivity contribution < 1.29 is 18.0 Å². The zero-order valence-corrected chi connectivity index (χ0v) is 17.4. The highest BCUT2D eigenvalue weighted by molar-refractivity contribution is 5.86. The van der Waals surface area contributed by atoms with E-state index in [1.165, 1.54) is 6.07 Å². The predicted molar refractivity (Wildman–Crippen MR) is 113 cm³/mol. The molecule has 0 aliphatic carbocycles. The Morgan fingerprint density at radius 1 is 1.03 bits per heavy atom. The van der Waals surface area contributed by atoms with Gasteiger partial charge in [0.1, 0.15) is 5.82 Å². The molecule has 0 saturated carbocycles. The molecule has 162 valence electrons. The number of aromatic nitrogens is 2. The fourth-order valence-electron chi connectivity index (χ4n) is 4.02. The Hall–Kier alpha value is -3.16. The van der Waals surface area contributed by atoms with Crippen LogP contribution in [0.2, 0.25) is 0 Å². The third-order valence-electron chi connectivity index (χ3n) is 5.85. The number of piperazine rings is 1. The molecule has 1 aromatic carbocycles. The molecule has 2 aromatic heterocycles. The molecule has 1 saturated heterocycles. The molecule has 1 amide bonds. The maximum atomic E-state index is 12.9. The average Bonchev–Trinajstić information content (AvgIpc) is 2.76. The minimum atomic E-state index is -4.40. The first-order chi connectivity index (χ1) is 14.7. The Morgan fingerprint density at radius 3 is 2.39 bits per heavy atom. The molecule has 0 spiro atoms. The number of aryl methyl sites for hydroxylation is 2. The first kappa shape index (κ1) is 21.1. The standard InChI is InChI=1S/C23H23F3N4O/c1-15-18-5-3-4-6-20(18)28-16(2)19(15)13-22(31)30-11-9-29(10-12-30)21-8-7-17(14-27-21)23(24,25)26/h3-8,14H,9-13H2,1-2H3. The van der Waals surface area contributed by atoms with Gasteiger partial charge in [-0.3, -0.25) is 9.78 Å². The maximum absolute atomic E-state index is 12.9. The van der Waals surface area contributed by atoms with E-state index < -0.39 is 11.7 Å². The molecular formula is C23H23F3N4O. The van der Waals surface area contributed by atoms with Crippen molar-refractivity contribution in [2.75, 3.05) is 31.1 Å². The number of pyridine rings is 2. The van der Waals surface area contributed by atoms with Crippen molar-refractivity contribution in [1.29, 1.82) is 0 Å². The van der Waals surface area contributed by atoms with Crippen LogP contribution in [-0.2, 0) is 17.4 Å². The van der Waals surface area contributed by atoms with E-state index in [1.54, 1.807) is 4.90 Å². The molecule has 3 aromatic rings. The number of halogens is 3. The highest BCUT2D eigenvalue weighted by Crippen LogP contribution is 2.29. The van der Waals surface area contributed by atoms with Crippen LogP contribution in [0.4, 0.5) is 19.0 Å².